The third-order valence-electron chi connectivity index (χ3n) is 6.34. The van der Waals surface area contributed by atoms with Gasteiger partial charge in [-0.25, -0.2) is 18.3 Å². The zero-order valence-electron chi connectivity index (χ0n) is 23.1. The number of hydrogen-bond donors (Lipinski definition) is 1. The van der Waals surface area contributed by atoms with Gasteiger partial charge in [0.2, 0.25) is 5.88 Å². The molecule has 2 aromatic carbocycles. The van der Waals surface area contributed by atoms with E-state index in [1.807, 2.05) is 27.7 Å². The second-order valence-electron chi connectivity index (χ2n) is 10.6. The summed E-state index contributed by atoms with van der Waals surface area (Å²) in [6.45, 7) is 8.89. The molecule has 39 heavy (non-hydrogen) atoms. The van der Waals surface area contributed by atoms with E-state index in [1.165, 1.54) is 6.07 Å². The Labute approximate surface area is 227 Å². The first kappa shape index (κ1) is 28.4. The summed E-state index contributed by atoms with van der Waals surface area (Å²) in [6, 6.07) is 10.1. The highest BCUT2D eigenvalue weighted by molar-refractivity contribution is 5.75. The van der Waals surface area contributed by atoms with Crippen LogP contribution in [0, 0.1) is 11.6 Å². The number of benzene rings is 2. The molecule has 1 atom stereocenters. The number of aryl methyl sites for hydroxylation is 1. The maximum atomic E-state index is 14.7. The van der Waals surface area contributed by atoms with Crippen LogP contribution in [0.2, 0.25) is 0 Å². The standard InChI is InChI=1S/C29H36F2N4O4/c1-6-25-23(18-34(17-22-8-7-15-38-22)28(36)32-29(2,3)4)27(39-26-14-9-19(30)16-24(26)31)35(33-25)20-10-12-21(37-5)13-11-20/h9-14,16,22H,6-8,15,17-18H2,1-5H3,(H,32,36)/t22-/m1/s1. The molecule has 2 amide bonds. The highest BCUT2D eigenvalue weighted by Gasteiger charge is 2.29. The van der Waals surface area contributed by atoms with E-state index in [4.69, 9.17) is 19.3 Å². The number of nitrogens with zero attached hydrogens (tertiary/aromatic N) is 3. The van der Waals surface area contributed by atoms with Gasteiger partial charge in [0.15, 0.2) is 11.6 Å². The molecule has 0 unspecified atom stereocenters. The predicted molar refractivity (Wildman–Crippen MR) is 144 cm³/mol. The fraction of sp³-hybridized carbons (Fsp3) is 0.448. The Bertz CT molecular complexity index is 1280. The van der Waals surface area contributed by atoms with Crippen LogP contribution in [-0.4, -0.2) is 52.6 Å². The van der Waals surface area contributed by atoms with Crippen LogP contribution in [0.4, 0.5) is 13.6 Å². The van der Waals surface area contributed by atoms with Gasteiger partial charge >= 0.3 is 6.03 Å². The van der Waals surface area contributed by atoms with E-state index in [-0.39, 0.29) is 30.3 Å². The number of hydrogen-bond acceptors (Lipinski definition) is 5. The van der Waals surface area contributed by atoms with Crippen molar-refractivity contribution in [3.05, 3.63) is 65.4 Å². The molecule has 0 bridgehead atoms. The summed E-state index contributed by atoms with van der Waals surface area (Å²) in [4.78, 5) is 15.1. The molecule has 1 fully saturated rings. The largest absolute Gasteiger partial charge is 0.497 e. The molecule has 4 rings (SSSR count). The number of carbonyl (C=O) groups is 1. The van der Waals surface area contributed by atoms with Crippen LogP contribution in [0.3, 0.4) is 0 Å². The topological polar surface area (TPSA) is 77.8 Å². The first-order valence-corrected chi connectivity index (χ1v) is 13.1. The summed E-state index contributed by atoms with van der Waals surface area (Å²) in [7, 11) is 1.58. The van der Waals surface area contributed by atoms with E-state index < -0.39 is 17.2 Å². The number of aromatic nitrogens is 2. The zero-order valence-corrected chi connectivity index (χ0v) is 23.1. The minimum Gasteiger partial charge on any atom is -0.497 e. The first-order valence-electron chi connectivity index (χ1n) is 13.1. The lowest BCUT2D eigenvalue weighted by Crippen LogP contribution is -2.50. The first-order chi connectivity index (χ1) is 18.6. The second kappa shape index (κ2) is 12.0. The molecule has 1 aliphatic rings. The van der Waals surface area contributed by atoms with Gasteiger partial charge in [0.05, 0.1) is 36.7 Å². The van der Waals surface area contributed by atoms with E-state index in [2.05, 4.69) is 5.32 Å². The molecule has 1 saturated heterocycles. The molecule has 3 aromatic rings. The maximum absolute atomic E-state index is 14.7. The van der Waals surface area contributed by atoms with Gasteiger partial charge in [0.25, 0.3) is 0 Å². The molecule has 0 radical (unpaired) electrons. The van der Waals surface area contributed by atoms with Crippen LogP contribution in [-0.2, 0) is 17.7 Å². The monoisotopic (exact) mass is 542 g/mol. The molecule has 210 valence electrons. The third kappa shape index (κ3) is 7.06. The van der Waals surface area contributed by atoms with Crippen molar-refractivity contribution in [1.82, 2.24) is 20.0 Å². The summed E-state index contributed by atoms with van der Waals surface area (Å²) >= 11 is 0. The number of carbonyl (C=O) groups excluding carboxylic acids is 1. The van der Waals surface area contributed by atoms with Crippen LogP contribution in [0.5, 0.6) is 17.4 Å². The van der Waals surface area contributed by atoms with Crippen molar-refractivity contribution in [2.24, 2.45) is 0 Å². The van der Waals surface area contributed by atoms with Gasteiger partial charge in [-0.2, -0.15) is 5.10 Å². The minimum atomic E-state index is -0.844. The second-order valence-corrected chi connectivity index (χ2v) is 10.6. The lowest BCUT2D eigenvalue weighted by molar-refractivity contribution is 0.0779. The highest BCUT2D eigenvalue weighted by atomic mass is 19.1. The number of methoxy groups -OCH3 is 1. The van der Waals surface area contributed by atoms with Gasteiger partial charge in [0, 0.05) is 24.8 Å². The van der Waals surface area contributed by atoms with Gasteiger partial charge in [-0.15, -0.1) is 0 Å². The number of urea groups is 1. The predicted octanol–water partition coefficient (Wildman–Crippen LogP) is 6.00. The van der Waals surface area contributed by atoms with Crippen molar-refractivity contribution in [2.45, 2.75) is 65.1 Å². The van der Waals surface area contributed by atoms with Crippen LogP contribution in [0.25, 0.3) is 5.69 Å². The van der Waals surface area contributed by atoms with E-state index >= 15 is 0 Å². The van der Waals surface area contributed by atoms with E-state index in [9.17, 15) is 13.6 Å². The summed E-state index contributed by atoms with van der Waals surface area (Å²) in [5.41, 5.74) is 1.51. The van der Waals surface area contributed by atoms with Gasteiger partial charge < -0.3 is 24.4 Å². The summed E-state index contributed by atoms with van der Waals surface area (Å²) in [5.74, 6) is -0.804. The van der Waals surface area contributed by atoms with E-state index in [0.717, 1.165) is 25.0 Å². The fourth-order valence-corrected chi connectivity index (χ4v) is 4.43. The number of amides is 2. The molecule has 1 N–H and O–H groups in total. The van der Waals surface area contributed by atoms with Crippen molar-refractivity contribution in [3.8, 4) is 23.1 Å². The van der Waals surface area contributed by atoms with Gasteiger partial charge in [0.1, 0.15) is 11.6 Å². The Balaban J connectivity index is 1.79. The Hall–Kier alpha value is -3.66. The van der Waals surface area contributed by atoms with Crippen LogP contribution in [0.15, 0.2) is 42.5 Å². The summed E-state index contributed by atoms with van der Waals surface area (Å²) in [6.07, 6.45) is 2.24. The normalized spacial score (nSPS) is 15.3. The molecule has 1 aromatic heterocycles. The molecule has 1 aliphatic heterocycles. The molecule has 8 nitrogen and oxygen atoms in total. The van der Waals surface area contributed by atoms with Crippen molar-refractivity contribution in [2.75, 3.05) is 20.3 Å². The zero-order chi connectivity index (χ0) is 28.2. The lowest BCUT2D eigenvalue weighted by atomic mass is 10.1. The summed E-state index contributed by atoms with van der Waals surface area (Å²) < 4.78 is 47.2. The third-order valence-corrected chi connectivity index (χ3v) is 6.34. The van der Waals surface area contributed by atoms with Gasteiger partial charge in [-0.3, -0.25) is 0 Å². The average molecular weight is 543 g/mol. The molecular weight excluding hydrogens is 506 g/mol. The Kier molecular flexibility index (Phi) is 8.74. The minimum absolute atomic E-state index is 0.0867. The van der Waals surface area contributed by atoms with E-state index in [1.54, 1.807) is 41.0 Å². The van der Waals surface area contributed by atoms with Crippen LogP contribution in [0.1, 0.15) is 51.8 Å². The van der Waals surface area contributed by atoms with Crippen molar-refractivity contribution in [1.29, 1.82) is 0 Å². The smallest absolute Gasteiger partial charge is 0.318 e. The Morgan fingerprint density at radius 2 is 1.95 bits per heavy atom. The fourth-order valence-electron chi connectivity index (χ4n) is 4.43. The van der Waals surface area contributed by atoms with Crippen LogP contribution >= 0.6 is 0 Å². The molecule has 10 heteroatoms. The summed E-state index contributed by atoms with van der Waals surface area (Å²) in [5, 5.41) is 7.82. The highest BCUT2D eigenvalue weighted by Crippen LogP contribution is 2.34. The number of ether oxygens (including phenoxy) is 3. The van der Waals surface area contributed by atoms with Gasteiger partial charge in [-0.05, 0) is 76.4 Å². The van der Waals surface area contributed by atoms with Crippen molar-refractivity contribution in [3.63, 3.8) is 0 Å². The van der Waals surface area contributed by atoms with Crippen LogP contribution < -0.4 is 14.8 Å². The van der Waals surface area contributed by atoms with E-state index in [0.29, 0.717) is 42.3 Å². The molecule has 0 aliphatic carbocycles. The number of nitrogens with one attached hydrogen (secondary N) is 1. The number of halogens is 2. The molecule has 2 heterocycles. The average Bonchev–Trinajstić information content (AvgIpc) is 3.52. The molecule has 0 spiro atoms. The molecule has 0 saturated carbocycles. The Morgan fingerprint density at radius 1 is 1.21 bits per heavy atom. The Morgan fingerprint density at radius 3 is 2.54 bits per heavy atom. The lowest BCUT2D eigenvalue weighted by Gasteiger charge is -2.30. The SMILES string of the molecule is CCc1nn(-c2ccc(OC)cc2)c(Oc2ccc(F)cc2F)c1CN(C[C@H]1CCCO1)C(=O)NC(C)(C)C. The van der Waals surface area contributed by atoms with Gasteiger partial charge in [-0.1, -0.05) is 6.92 Å². The molecular formula is C29H36F2N4O4. The van der Waals surface area contributed by atoms with Crippen molar-refractivity contribution < 1.29 is 27.8 Å². The number of rotatable bonds is 9. The maximum Gasteiger partial charge on any atom is 0.318 e. The quantitative estimate of drug-likeness (QED) is 0.359. The van der Waals surface area contributed by atoms with Crippen molar-refractivity contribution >= 4 is 6.03 Å².